The number of ether oxygens (including phenoxy) is 5. The van der Waals surface area contributed by atoms with E-state index in [4.69, 9.17) is 18.9 Å². The Morgan fingerprint density at radius 1 is 0.547 bits per heavy atom. The number of nitrogens with zero attached hydrogens (tertiary/aromatic N) is 2. The first kappa shape index (κ1) is 46.7. The summed E-state index contributed by atoms with van der Waals surface area (Å²) in [6.07, 6.45) is -4.81. The van der Waals surface area contributed by atoms with Crippen molar-refractivity contribution in [2.24, 2.45) is 0 Å². The summed E-state index contributed by atoms with van der Waals surface area (Å²) in [5, 5.41) is 6.92. The molecule has 2 aromatic heterocycles. The summed E-state index contributed by atoms with van der Waals surface area (Å²) in [4.78, 5) is 62.2. The number of alkyl halides is 3. The van der Waals surface area contributed by atoms with E-state index in [-0.39, 0.29) is 30.7 Å². The first-order chi connectivity index (χ1) is 30.2. The predicted molar refractivity (Wildman–Crippen MR) is 234 cm³/mol. The van der Waals surface area contributed by atoms with Crippen LogP contribution in [0.5, 0.6) is 23.0 Å². The van der Waals surface area contributed by atoms with Gasteiger partial charge in [-0.15, -0.1) is 35.8 Å². The SMILES string of the molecule is COc1ccc(-c2nc(C)c(C(=O)NCc3ccc(OC(C)(C)C(=O)OC(=O)C(C)(C)Oc4ccc(CNC(=O)c5sc(-c6ccc(OC(F)(F)F)cc6)nc5C)cc4)cc3)s2)cc1. The van der Waals surface area contributed by atoms with E-state index >= 15 is 0 Å². The van der Waals surface area contributed by atoms with E-state index in [2.05, 4.69) is 25.3 Å². The molecule has 0 unspecified atom stereocenters. The molecule has 0 atom stereocenters. The third kappa shape index (κ3) is 12.0. The number of rotatable bonds is 16. The van der Waals surface area contributed by atoms with E-state index in [1.807, 2.05) is 24.3 Å². The van der Waals surface area contributed by atoms with Gasteiger partial charge < -0.3 is 34.3 Å². The molecule has 0 aliphatic rings. The van der Waals surface area contributed by atoms with Gasteiger partial charge in [0.2, 0.25) is 11.2 Å². The first-order valence-electron chi connectivity index (χ1n) is 19.5. The number of hydrogen-bond donors (Lipinski definition) is 2. The number of amides is 2. The van der Waals surface area contributed by atoms with E-state index in [1.165, 1.54) is 63.3 Å². The number of aromatic nitrogens is 2. The number of aryl methyl sites for hydroxylation is 2. The van der Waals surface area contributed by atoms with Crippen molar-refractivity contribution in [2.45, 2.75) is 72.2 Å². The van der Waals surface area contributed by atoms with Crippen molar-refractivity contribution in [1.29, 1.82) is 0 Å². The van der Waals surface area contributed by atoms with Crippen LogP contribution < -0.4 is 29.6 Å². The molecule has 0 aliphatic heterocycles. The van der Waals surface area contributed by atoms with Gasteiger partial charge in [-0.1, -0.05) is 24.3 Å². The zero-order chi connectivity index (χ0) is 46.4. The van der Waals surface area contributed by atoms with Crippen LogP contribution in [0.3, 0.4) is 0 Å². The Kier molecular flexibility index (Phi) is 14.1. The molecule has 64 heavy (non-hydrogen) atoms. The lowest BCUT2D eigenvalue weighted by Gasteiger charge is -2.27. The van der Waals surface area contributed by atoms with Crippen LogP contribution in [0.25, 0.3) is 21.1 Å². The first-order valence-corrected chi connectivity index (χ1v) is 21.2. The lowest BCUT2D eigenvalue weighted by molar-refractivity contribution is -0.274. The second-order valence-electron chi connectivity index (χ2n) is 15.2. The smallest absolute Gasteiger partial charge is 0.497 e. The highest BCUT2D eigenvalue weighted by Gasteiger charge is 2.40. The molecule has 0 bridgehead atoms. The summed E-state index contributed by atoms with van der Waals surface area (Å²) in [6, 6.07) is 26.0. The van der Waals surface area contributed by atoms with Crippen molar-refractivity contribution in [3.05, 3.63) is 129 Å². The van der Waals surface area contributed by atoms with Gasteiger partial charge in [-0.05, 0) is 125 Å². The van der Waals surface area contributed by atoms with E-state index < -0.39 is 29.5 Å². The van der Waals surface area contributed by atoms with Crippen molar-refractivity contribution in [3.8, 4) is 44.1 Å². The van der Waals surface area contributed by atoms with Gasteiger partial charge in [0, 0.05) is 24.2 Å². The Balaban J connectivity index is 0.953. The second-order valence-corrected chi connectivity index (χ2v) is 17.2. The molecule has 2 N–H and O–H groups in total. The Morgan fingerprint density at radius 3 is 1.25 bits per heavy atom. The van der Waals surface area contributed by atoms with E-state index in [0.29, 0.717) is 48.8 Å². The highest BCUT2D eigenvalue weighted by molar-refractivity contribution is 7.17. The van der Waals surface area contributed by atoms with Gasteiger partial charge in [-0.25, -0.2) is 19.6 Å². The Hall–Kier alpha value is -6.79. The number of hydrogen-bond acceptors (Lipinski definition) is 13. The van der Waals surface area contributed by atoms with E-state index in [1.54, 1.807) is 69.5 Å². The van der Waals surface area contributed by atoms with Crippen LogP contribution in [0.1, 0.15) is 69.6 Å². The van der Waals surface area contributed by atoms with Crippen molar-refractivity contribution >= 4 is 46.4 Å². The molecule has 0 radical (unpaired) electrons. The number of benzene rings is 4. The highest BCUT2D eigenvalue weighted by Crippen LogP contribution is 2.32. The van der Waals surface area contributed by atoms with Crippen molar-refractivity contribution in [2.75, 3.05) is 7.11 Å². The minimum Gasteiger partial charge on any atom is -0.497 e. The number of halogens is 3. The third-order valence-electron chi connectivity index (χ3n) is 9.34. The average Bonchev–Trinajstić information content (AvgIpc) is 3.84. The number of nitrogens with one attached hydrogen (secondary N) is 2. The molecule has 13 nitrogen and oxygen atoms in total. The summed E-state index contributed by atoms with van der Waals surface area (Å²) in [5.74, 6) is -1.55. The van der Waals surface area contributed by atoms with Gasteiger partial charge in [-0.3, -0.25) is 9.59 Å². The Labute approximate surface area is 374 Å². The lowest BCUT2D eigenvalue weighted by atomic mass is 10.1. The highest BCUT2D eigenvalue weighted by atomic mass is 32.1. The zero-order valence-electron chi connectivity index (χ0n) is 35.7. The Bertz CT molecular complexity index is 2630. The number of carbonyl (C=O) groups is 4. The molecular formula is C46H43F3N4O9S2. The standard InChI is InChI=1S/C46H43F3N4O9S2/c1-26-36(63-40(52-26)30-12-20-32(58-7)21-13-30)38(54)50-24-28-8-16-33(17-9-28)60-44(3,4)42(56)59-43(57)45(5,6)61-34-18-10-29(11-19-34)25-51-39(55)37-27(2)53-41(64-37)31-14-22-35(23-15-31)62-46(47,48)49/h8-23H,24-25H2,1-7H3,(H,50,54)(H,51,55). The maximum Gasteiger partial charge on any atom is 0.573 e. The van der Waals surface area contributed by atoms with Crippen LogP contribution in [-0.4, -0.2) is 58.4 Å². The molecule has 4 aromatic carbocycles. The predicted octanol–water partition coefficient (Wildman–Crippen LogP) is 9.40. The van der Waals surface area contributed by atoms with Gasteiger partial charge in [0.1, 0.15) is 42.8 Å². The maximum absolute atomic E-state index is 13.2. The maximum atomic E-state index is 13.2. The molecule has 334 valence electrons. The lowest BCUT2D eigenvalue weighted by Crippen LogP contribution is -2.46. The topological polar surface area (TPSA) is 164 Å². The molecule has 6 rings (SSSR count). The largest absolute Gasteiger partial charge is 0.573 e. The van der Waals surface area contributed by atoms with Crippen LogP contribution >= 0.6 is 22.7 Å². The minimum absolute atomic E-state index is 0.143. The van der Waals surface area contributed by atoms with Gasteiger partial charge in [0.05, 0.1) is 18.5 Å². The molecule has 2 heterocycles. The number of methoxy groups -OCH3 is 1. The zero-order valence-corrected chi connectivity index (χ0v) is 37.3. The van der Waals surface area contributed by atoms with Crippen molar-refractivity contribution in [3.63, 3.8) is 0 Å². The van der Waals surface area contributed by atoms with Crippen molar-refractivity contribution < 1.29 is 56.0 Å². The minimum atomic E-state index is -4.81. The molecule has 0 spiro atoms. The molecule has 2 amide bonds. The summed E-state index contributed by atoms with van der Waals surface area (Å²) in [7, 11) is 1.59. The van der Waals surface area contributed by atoms with Gasteiger partial charge >= 0.3 is 18.3 Å². The Morgan fingerprint density at radius 2 is 0.891 bits per heavy atom. The van der Waals surface area contributed by atoms with Crippen molar-refractivity contribution in [1.82, 2.24) is 20.6 Å². The molecule has 0 aliphatic carbocycles. The van der Waals surface area contributed by atoms with E-state index in [9.17, 15) is 32.3 Å². The molecular weight excluding hydrogens is 874 g/mol. The van der Waals surface area contributed by atoms with Gasteiger partial charge in [0.15, 0.2) is 0 Å². The molecule has 0 fully saturated rings. The average molecular weight is 917 g/mol. The fourth-order valence-electron chi connectivity index (χ4n) is 5.87. The van der Waals surface area contributed by atoms with Crippen LogP contribution in [0.15, 0.2) is 97.1 Å². The molecule has 0 saturated carbocycles. The van der Waals surface area contributed by atoms with Crippen LogP contribution in [0.4, 0.5) is 13.2 Å². The molecule has 6 aromatic rings. The van der Waals surface area contributed by atoms with Crippen LogP contribution in [-0.2, 0) is 27.4 Å². The monoisotopic (exact) mass is 916 g/mol. The van der Waals surface area contributed by atoms with E-state index in [0.717, 1.165) is 33.2 Å². The molecule has 18 heteroatoms. The fraction of sp³-hybridized carbons (Fsp3) is 0.261. The summed E-state index contributed by atoms with van der Waals surface area (Å²) in [5.41, 5.74) is 0.808. The second kappa shape index (κ2) is 19.3. The van der Waals surface area contributed by atoms with Gasteiger partial charge in [0.25, 0.3) is 11.8 Å². The molecule has 0 saturated heterocycles. The fourth-order valence-corrected chi connectivity index (χ4v) is 7.85. The number of thiazole rings is 2. The third-order valence-corrected chi connectivity index (χ3v) is 11.8. The van der Waals surface area contributed by atoms with Gasteiger partial charge in [-0.2, -0.15) is 0 Å². The van der Waals surface area contributed by atoms with Crippen LogP contribution in [0, 0.1) is 13.8 Å². The van der Waals surface area contributed by atoms with Crippen LogP contribution in [0.2, 0.25) is 0 Å². The number of carbonyl (C=O) groups excluding carboxylic acids is 4. The summed E-state index contributed by atoms with van der Waals surface area (Å²) >= 11 is 2.40. The number of esters is 2. The normalized spacial score (nSPS) is 11.7. The summed E-state index contributed by atoms with van der Waals surface area (Å²) in [6.45, 7) is 9.66. The quantitative estimate of drug-likeness (QED) is 0.0702. The summed E-state index contributed by atoms with van der Waals surface area (Å²) < 4.78 is 63.7.